The highest BCUT2D eigenvalue weighted by Crippen LogP contribution is 1.81. The number of hydrogen-bond donors (Lipinski definition) is 0. The van der Waals surface area contributed by atoms with Crippen molar-refractivity contribution in [3.05, 3.63) is 0 Å². The normalized spacial score (nSPS) is 6.44. The van der Waals surface area contributed by atoms with Crippen molar-refractivity contribution in [3.8, 4) is 0 Å². The number of hydrogen-bond acceptors (Lipinski definition) is 0. The lowest BCUT2D eigenvalue weighted by Gasteiger charge is -1.79. The highest BCUT2D eigenvalue weighted by Gasteiger charge is 1.68. The van der Waals surface area contributed by atoms with E-state index >= 15 is 0 Å². The van der Waals surface area contributed by atoms with Crippen molar-refractivity contribution >= 4 is 0 Å². The van der Waals surface area contributed by atoms with Gasteiger partial charge in [0.05, 0.1) is 0 Å². The Balaban J connectivity index is -0.0000000218. The zero-order valence-electron chi connectivity index (χ0n) is 15.7. The Morgan fingerprint density at radius 3 is 0.688 bits per heavy atom. The van der Waals surface area contributed by atoms with Crippen LogP contribution in [0.1, 0.15) is 104 Å². The molecular weight excluding hydrogens is 192 g/mol. The molecule has 0 aliphatic heterocycles. The van der Waals surface area contributed by atoms with E-state index in [0.29, 0.717) is 0 Å². The van der Waals surface area contributed by atoms with Gasteiger partial charge >= 0.3 is 0 Å². The summed E-state index contributed by atoms with van der Waals surface area (Å²) in [6.45, 7) is 23.2. The largest absolute Gasteiger partial charge is 0.0776 e. The molecule has 0 aromatic rings. The van der Waals surface area contributed by atoms with Crippen LogP contribution < -0.4 is 0 Å². The predicted octanol–water partition coefficient (Wildman–Crippen LogP) is 7.57. The lowest BCUT2D eigenvalue weighted by molar-refractivity contribution is 0.737. The molecule has 16 heavy (non-hydrogen) atoms. The first-order chi connectivity index (χ1) is 7.97. The van der Waals surface area contributed by atoms with Gasteiger partial charge in [-0.2, -0.15) is 0 Å². The summed E-state index contributed by atoms with van der Waals surface area (Å²) >= 11 is 0. The Kier molecular flexibility index (Phi) is 152. The minimum atomic E-state index is 0.833. The Morgan fingerprint density at radius 2 is 0.688 bits per heavy atom. The van der Waals surface area contributed by atoms with Gasteiger partial charge in [-0.3, -0.25) is 0 Å². The molecule has 0 aromatic carbocycles. The van der Waals surface area contributed by atoms with Crippen LogP contribution in [0.3, 0.4) is 0 Å². The first-order valence-corrected chi connectivity index (χ1v) is 6.97. The Bertz CT molecular complexity index is 27.0. The maximum absolute atomic E-state index is 5.75. The van der Waals surface area contributed by atoms with Crippen molar-refractivity contribution in [1.82, 2.24) is 0 Å². The lowest BCUT2D eigenvalue weighted by Crippen LogP contribution is -1.66. The fraction of sp³-hybridized carbons (Fsp3) is 1.00. The van der Waals surface area contributed by atoms with Gasteiger partial charge in [-0.1, -0.05) is 103 Å². The SMILES string of the molecule is CC.CC(C)C.CCC.CCC.CCC.[2H]C. The van der Waals surface area contributed by atoms with Gasteiger partial charge < -0.3 is 0 Å². The van der Waals surface area contributed by atoms with Crippen molar-refractivity contribution in [2.24, 2.45) is 5.92 Å². The molecule has 0 N–H and O–H groups in total. The molecule has 0 fully saturated rings. The maximum Gasteiger partial charge on any atom is 0.0194 e. The lowest BCUT2D eigenvalue weighted by atomic mass is 10.3. The molecule has 0 aliphatic rings. The summed E-state index contributed by atoms with van der Waals surface area (Å²) in [5.41, 5.74) is 0. The predicted molar refractivity (Wildman–Crippen MR) is 86.5 cm³/mol. The molecule has 0 rings (SSSR count). The van der Waals surface area contributed by atoms with E-state index in [9.17, 15) is 0 Å². The van der Waals surface area contributed by atoms with Gasteiger partial charge in [0.1, 0.15) is 0 Å². The topological polar surface area (TPSA) is 0 Å². The fourth-order valence-electron chi connectivity index (χ4n) is 0. The van der Waals surface area contributed by atoms with E-state index < -0.39 is 0 Å². The molecule has 108 valence electrons. The molecule has 0 saturated heterocycles. The Hall–Kier alpha value is 0. The van der Waals surface area contributed by atoms with Gasteiger partial charge in [0.15, 0.2) is 0 Å². The summed E-state index contributed by atoms with van der Waals surface area (Å²) in [4.78, 5) is 0. The second-order valence-electron chi connectivity index (χ2n) is 3.85. The van der Waals surface area contributed by atoms with Gasteiger partial charge in [-0.05, 0) is 5.92 Å². The minimum absolute atomic E-state index is 0.833. The molecular formula is C16H44. The Morgan fingerprint density at radius 1 is 0.688 bits per heavy atom. The van der Waals surface area contributed by atoms with Crippen LogP contribution in [0, 0.1) is 5.92 Å². The van der Waals surface area contributed by atoms with E-state index in [4.69, 9.17) is 1.37 Å². The van der Waals surface area contributed by atoms with E-state index in [1.165, 1.54) is 26.7 Å². The first kappa shape index (κ1) is 29.8. The zero-order chi connectivity index (χ0) is 15.7. The number of rotatable bonds is 0. The molecule has 0 bridgehead atoms. The van der Waals surface area contributed by atoms with Crippen LogP contribution in [-0.2, 0) is 0 Å². The van der Waals surface area contributed by atoms with E-state index in [-0.39, 0.29) is 0 Å². The average Bonchev–Trinajstić information content (AvgIpc) is 2.25. The summed E-state index contributed by atoms with van der Waals surface area (Å²) in [7, 11) is 1.25. The first-order valence-electron chi connectivity index (χ1n) is 7.97. The van der Waals surface area contributed by atoms with Crippen molar-refractivity contribution in [3.63, 3.8) is 0 Å². The van der Waals surface area contributed by atoms with Crippen LogP contribution in [-0.4, -0.2) is 0 Å². The van der Waals surface area contributed by atoms with Crippen LogP contribution in [0.5, 0.6) is 0 Å². The van der Waals surface area contributed by atoms with E-state index in [1.807, 2.05) is 13.8 Å². The van der Waals surface area contributed by atoms with Crippen molar-refractivity contribution in [2.45, 2.75) is 103 Å². The monoisotopic (exact) mass is 237 g/mol. The van der Waals surface area contributed by atoms with Crippen molar-refractivity contribution in [2.75, 3.05) is 0 Å². The third-order valence-corrected chi connectivity index (χ3v) is 0. The zero-order valence-corrected chi connectivity index (χ0v) is 14.7. The van der Waals surface area contributed by atoms with Crippen LogP contribution in [0.4, 0.5) is 0 Å². The third-order valence-electron chi connectivity index (χ3n) is 0. The average molecular weight is 238 g/mol. The van der Waals surface area contributed by atoms with Crippen LogP contribution in [0.2, 0.25) is 0 Å². The summed E-state index contributed by atoms with van der Waals surface area (Å²) < 4.78 is 5.75. The molecule has 0 heterocycles. The van der Waals surface area contributed by atoms with Crippen molar-refractivity contribution in [1.29, 1.82) is 0 Å². The Labute approximate surface area is 111 Å². The van der Waals surface area contributed by atoms with Gasteiger partial charge in [0.25, 0.3) is 0 Å². The van der Waals surface area contributed by atoms with Gasteiger partial charge in [0, 0.05) is 1.37 Å². The smallest absolute Gasteiger partial charge is 0.0194 e. The highest BCUT2D eigenvalue weighted by molar-refractivity contribution is 4.20. The molecule has 0 atom stereocenters. The summed E-state index contributed by atoms with van der Waals surface area (Å²) in [6.07, 6.45) is 3.75. The second-order valence-corrected chi connectivity index (χ2v) is 3.85. The highest BCUT2D eigenvalue weighted by atomic mass is 13.7. The van der Waals surface area contributed by atoms with E-state index in [1.54, 1.807) is 0 Å². The fourth-order valence-corrected chi connectivity index (χ4v) is 0. The maximum atomic E-state index is 5.75. The van der Waals surface area contributed by atoms with Gasteiger partial charge in [0.2, 0.25) is 0 Å². The van der Waals surface area contributed by atoms with Gasteiger partial charge in [-0.15, -0.1) is 0 Å². The third kappa shape index (κ3) is 0. The second kappa shape index (κ2) is 81.7. The summed E-state index contributed by atoms with van der Waals surface area (Å²) in [5, 5.41) is 0. The quantitative estimate of drug-likeness (QED) is 0.407. The summed E-state index contributed by atoms with van der Waals surface area (Å²) in [6, 6.07) is 0. The van der Waals surface area contributed by atoms with Crippen molar-refractivity contribution < 1.29 is 1.37 Å². The molecule has 0 unspecified atom stereocenters. The molecule has 0 saturated carbocycles. The molecule has 0 spiro atoms. The van der Waals surface area contributed by atoms with Crippen LogP contribution in [0.15, 0.2) is 0 Å². The van der Waals surface area contributed by atoms with E-state index in [2.05, 4.69) is 62.3 Å². The van der Waals surface area contributed by atoms with E-state index in [0.717, 1.165) is 5.92 Å². The molecule has 0 radical (unpaired) electrons. The minimum Gasteiger partial charge on any atom is -0.0776 e. The van der Waals surface area contributed by atoms with Crippen LogP contribution >= 0.6 is 0 Å². The molecule has 0 amide bonds. The van der Waals surface area contributed by atoms with Crippen LogP contribution in [0.25, 0.3) is 0 Å². The molecule has 0 aliphatic carbocycles. The molecule has 0 heteroatoms. The van der Waals surface area contributed by atoms with Gasteiger partial charge in [-0.25, -0.2) is 0 Å². The molecule has 0 nitrogen and oxygen atoms in total. The molecule has 0 aromatic heterocycles. The summed E-state index contributed by atoms with van der Waals surface area (Å²) in [5.74, 6) is 0.833. The standard InChI is InChI=1S/C4H10.3C3H8.C2H6.CH4/c1-4(2)3;3*1-3-2;1-2;/h4H,1-3H3;3*3H2,1-2H3;1-2H3;1H4/i;;;;;1D.